The molecule has 10 heteroatoms. The molecule has 1 saturated heterocycles. The molecule has 152 valence electrons. The molecule has 2 heterocycles. The van der Waals surface area contributed by atoms with E-state index in [2.05, 4.69) is 5.32 Å². The molecule has 6 nitrogen and oxygen atoms in total. The van der Waals surface area contributed by atoms with Crippen LogP contribution in [0.15, 0.2) is 47.1 Å². The van der Waals surface area contributed by atoms with Crippen LogP contribution >= 0.6 is 0 Å². The summed E-state index contributed by atoms with van der Waals surface area (Å²) in [5.41, 5.74) is -0.837. The van der Waals surface area contributed by atoms with Gasteiger partial charge in [-0.15, -0.1) is 0 Å². The Morgan fingerprint density at radius 1 is 1.25 bits per heavy atom. The maximum absolute atomic E-state index is 12.8. The van der Waals surface area contributed by atoms with Crippen LogP contribution in [0.3, 0.4) is 0 Å². The Balaban J connectivity index is 1.70. The first-order valence-electron chi connectivity index (χ1n) is 8.56. The molecule has 1 amide bonds. The standard InChI is InChI=1S/C18H19F3N2O4S/c19-18(20,21)13-3-1-4-14(9-13)22-17(24)11-23(10-16-5-2-7-27-16)15-6-8-28(25,26)12-15/h1-5,7,9,15H,6,8,10-12H2,(H,22,24). The van der Waals surface area contributed by atoms with Crippen molar-refractivity contribution in [1.29, 1.82) is 0 Å². The van der Waals surface area contributed by atoms with E-state index < -0.39 is 27.5 Å². The summed E-state index contributed by atoms with van der Waals surface area (Å²) in [6.45, 7) is 0.0559. The summed E-state index contributed by atoms with van der Waals surface area (Å²) in [6.07, 6.45) is -2.65. The van der Waals surface area contributed by atoms with Crippen LogP contribution in [0, 0.1) is 0 Å². The van der Waals surface area contributed by atoms with E-state index in [-0.39, 0.29) is 36.3 Å². The average Bonchev–Trinajstić information content (AvgIpc) is 3.23. The van der Waals surface area contributed by atoms with Crippen molar-refractivity contribution >= 4 is 21.4 Å². The molecule has 1 atom stereocenters. The minimum atomic E-state index is -4.51. The lowest BCUT2D eigenvalue weighted by atomic mass is 10.2. The second-order valence-corrected chi connectivity index (χ2v) is 8.90. The molecule has 1 aliphatic rings. The van der Waals surface area contributed by atoms with Crippen molar-refractivity contribution in [2.45, 2.75) is 25.2 Å². The zero-order chi connectivity index (χ0) is 20.4. The van der Waals surface area contributed by atoms with Crippen molar-refractivity contribution in [3.05, 3.63) is 54.0 Å². The number of furan rings is 1. The van der Waals surface area contributed by atoms with Gasteiger partial charge < -0.3 is 9.73 Å². The molecular weight excluding hydrogens is 397 g/mol. The van der Waals surface area contributed by atoms with Gasteiger partial charge in [0.1, 0.15) is 5.76 Å². The molecule has 28 heavy (non-hydrogen) atoms. The molecule has 1 aromatic heterocycles. The first-order valence-corrected chi connectivity index (χ1v) is 10.4. The third-order valence-corrected chi connectivity index (χ3v) is 6.23. The van der Waals surface area contributed by atoms with Gasteiger partial charge in [-0.1, -0.05) is 6.07 Å². The highest BCUT2D eigenvalue weighted by Gasteiger charge is 2.34. The van der Waals surface area contributed by atoms with E-state index in [0.29, 0.717) is 12.2 Å². The monoisotopic (exact) mass is 416 g/mol. The van der Waals surface area contributed by atoms with Crippen molar-refractivity contribution in [2.75, 3.05) is 23.4 Å². The Bertz CT molecular complexity index is 927. The number of rotatable bonds is 6. The van der Waals surface area contributed by atoms with Crippen molar-refractivity contribution in [2.24, 2.45) is 0 Å². The Labute approximate surface area is 160 Å². The first kappa shape index (κ1) is 20.4. The highest BCUT2D eigenvalue weighted by Crippen LogP contribution is 2.30. The number of carbonyl (C=O) groups is 1. The zero-order valence-electron chi connectivity index (χ0n) is 14.8. The van der Waals surface area contributed by atoms with Crippen molar-refractivity contribution in [1.82, 2.24) is 4.90 Å². The van der Waals surface area contributed by atoms with Crippen molar-refractivity contribution in [3.8, 4) is 0 Å². The van der Waals surface area contributed by atoms with Crippen LogP contribution in [0.5, 0.6) is 0 Å². The van der Waals surface area contributed by atoms with E-state index in [1.54, 1.807) is 17.0 Å². The summed E-state index contributed by atoms with van der Waals surface area (Å²) in [4.78, 5) is 14.1. The predicted molar refractivity (Wildman–Crippen MR) is 96.3 cm³/mol. The van der Waals surface area contributed by atoms with E-state index in [1.165, 1.54) is 18.4 Å². The second kappa shape index (κ2) is 7.96. The van der Waals surface area contributed by atoms with E-state index in [0.717, 1.165) is 12.1 Å². The summed E-state index contributed by atoms with van der Waals surface area (Å²) < 4.78 is 67.3. The van der Waals surface area contributed by atoms with Gasteiger partial charge in [-0.05, 0) is 36.8 Å². The van der Waals surface area contributed by atoms with Gasteiger partial charge in [0.15, 0.2) is 9.84 Å². The minimum absolute atomic E-state index is 0.0248. The molecule has 0 aliphatic carbocycles. The van der Waals surface area contributed by atoms with Gasteiger partial charge in [0, 0.05) is 11.7 Å². The lowest BCUT2D eigenvalue weighted by Gasteiger charge is -2.26. The Morgan fingerprint density at radius 3 is 2.64 bits per heavy atom. The van der Waals surface area contributed by atoms with E-state index in [4.69, 9.17) is 4.42 Å². The zero-order valence-corrected chi connectivity index (χ0v) is 15.6. The molecule has 0 saturated carbocycles. The van der Waals surface area contributed by atoms with Crippen LogP contribution in [-0.2, 0) is 27.4 Å². The fourth-order valence-corrected chi connectivity index (χ4v) is 4.90. The molecule has 0 spiro atoms. The number of hydrogen-bond donors (Lipinski definition) is 1. The van der Waals surface area contributed by atoms with Crippen LogP contribution in [0.1, 0.15) is 17.7 Å². The molecule has 0 radical (unpaired) electrons. The summed E-state index contributed by atoms with van der Waals surface area (Å²) in [7, 11) is -3.17. The molecular formula is C18H19F3N2O4S. The van der Waals surface area contributed by atoms with Crippen molar-refractivity contribution < 1.29 is 30.8 Å². The SMILES string of the molecule is O=C(CN(Cc1ccco1)C1CCS(=O)(=O)C1)Nc1cccc(C(F)(F)F)c1. The smallest absolute Gasteiger partial charge is 0.416 e. The summed E-state index contributed by atoms with van der Waals surface area (Å²) in [5.74, 6) is 0.0119. The fourth-order valence-electron chi connectivity index (χ4n) is 3.14. The van der Waals surface area contributed by atoms with Gasteiger partial charge in [-0.3, -0.25) is 9.69 Å². The molecule has 3 rings (SSSR count). The number of benzene rings is 1. The third-order valence-electron chi connectivity index (χ3n) is 4.48. The molecule has 1 fully saturated rings. The predicted octanol–water partition coefficient (Wildman–Crippen LogP) is 2.93. The largest absolute Gasteiger partial charge is 0.468 e. The molecule has 0 bridgehead atoms. The van der Waals surface area contributed by atoms with E-state index in [9.17, 15) is 26.4 Å². The van der Waals surface area contributed by atoms with Crippen LogP contribution in [-0.4, -0.2) is 43.3 Å². The Morgan fingerprint density at radius 2 is 2.04 bits per heavy atom. The number of nitrogens with one attached hydrogen (secondary N) is 1. The summed E-state index contributed by atoms with van der Waals surface area (Å²) in [5, 5.41) is 2.45. The van der Waals surface area contributed by atoms with Gasteiger partial charge >= 0.3 is 6.18 Å². The fraction of sp³-hybridized carbons (Fsp3) is 0.389. The highest BCUT2D eigenvalue weighted by atomic mass is 32.2. The molecule has 2 aromatic rings. The van der Waals surface area contributed by atoms with Gasteiger partial charge in [0.2, 0.25) is 5.91 Å². The summed E-state index contributed by atoms with van der Waals surface area (Å²) >= 11 is 0. The van der Waals surface area contributed by atoms with E-state index >= 15 is 0 Å². The maximum atomic E-state index is 12.8. The molecule has 1 N–H and O–H groups in total. The number of anilines is 1. The lowest BCUT2D eigenvalue weighted by molar-refractivity contribution is -0.137. The van der Waals surface area contributed by atoms with Gasteiger partial charge in [0.05, 0.1) is 36.4 Å². The van der Waals surface area contributed by atoms with Gasteiger partial charge in [0.25, 0.3) is 0 Å². The first-order chi connectivity index (χ1) is 13.1. The number of sulfone groups is 1. The van der Waals surface area contributed by atoms with Crippen LogP contribution in [0.4, 0.5) is 18.9 Å². The molecule has 1 aromatic carbocycles. The molecule has 1 unspecified atom stereocenters. The number of amides is 1. The van der Waals surface area contributed by atoms with Crippen LogP contribution < -0.4 is 5.32 Å². The highest BCUT2D eigenvalue weighted by molar-refractivity contribution is 7.91. The van der Waals surface area contributed by atoms with Crippen LogP contribution in [0.25, 0.3) is 0 Å². The normalized spacial score (nSPS) is 19.1. The topological polar surface area (TPSA) is 79.6 Å². The quantitative estimate of drug-likeness (QED) is 0.783. The maximum Gasteiger partial charge on any atom is 0.416 e. The van der Waals surface area contributed by atoms with E-state index in [1.807, 2.05) is 0 Å². The second-order valence-electron chi connectivity index (χ2n) is 6.67. The number of halogens is 3. The number of alkyl halides is 3. The number of carbonyl (C=O) groups excluding carboxylic acids is 1. The van der Waals surface area contributed by atoms with Crippen LogP contribution in [0.2, 0.25) is 0 Å². The summed E-state index contributed by atoms with van der Waals surface area (Å²) in [6, 6.07) is 7.38. The van der Waals surface area contributed by atoms with Crippen molar-refractivity contribution in [3.63, 3.8) is 0 Å². The Kier molecular flexibility index (Phi) is 5.80. The van der Waals surface area contributed by atoms with Gasteiger partial charge in [-0.2, -0.15) is 13.2 Å². The number of nitrogens with zero attached hydrogens (tertiary/aromatic N) is 1. The third kappa shape index (κ3) is 5.35. The number of hydrogen-bond acceptors (Lipinski definition) is 5. The lowest BCUT2D eigenvalue weighted by Crippen LogP contribution is -2.41. The molecule has 1 aliphatic heterocycles. The minimum Gasteiger partial charge on any atom is -0.468 e. The van der Waals surface area contributed by atoms with Gasteiger partial charge in [-0.25, -0.2) is 8.42 Å². The Hall–Kier alpha value is -2.33. The average molecular weight is 416 g/mol.